The minimum absolute atomic E-state index is 0.118. The topological polar surface area (TPSA) is 51.4 Å². The highest BCUT2D eigenvalue weighted by atomic mass is 32.2. The largest absolute Gasteiger partial charge is 0.439 e. The van der Waals surface area contributed by atoms with Crippen LogP contribution in [0.25, 0.3) is 0 Å². The quantitative estimate of drug-likeness (QED) is 0.754. The van der Waals surface area contributed by atoms with Crippen LogP contribution in [0.15, 0.2) is 71.8 Å². The molecule has 1 atom stereocenters. The Morgan fingerprint density at radius 3 is 2.62 bits per heavy atom. The Kier molecular flexibility index (Phi) is 3.88. The zero-order valence-electron chi connectivity index (χ0n) is 13.2. The first-order valence-corrected chi connectivity index (χ1v) is 8.60. The van der Waals surface area contributed by atoms with E-state index in [0.29, 0.717) is 5.88 Å². The average Bonchev–Trinajstić information content (AvgIpc) is 2.93. The third kappa shape index (κ3) is 2.72. The summed E-state index contributed by atoms with van der Waals surface area (Å²) in [7, 11) is 0. The molecule has 3 aromatic rings. The fourth-order valence-electron chi connectivity index (χ4n) is 2.73. The first kappa shape index (κ1) is 15.1. The SMILES string of the molecule is Cc1cccnc1Oc1ccc(N2c3ccccc3SC2N)cc1. The molecule has 0 spiro atoms. The van der Waals surface area contributed by atoms with Gasteiger partial charge in [0.05, 0.1) is 5.69 Å². The van der Waals surface area contributed by atoms with Crippen molar-refractivity contribution in [3.8, 4) is 11.6 Å². The Hall–Kier alpha value is -2.50. The third-order valence-electron chi connectivity index (χ3n) is 3.92. The number of ether oxygens (including phenoxy) is 1. The number of rotatable bonds is 3. The van der Waals surface area contributed by atoms with Gasteiger partial charge in [0.25, 0.3) is 0 Å². The standard InChI is InChI=1S/C19H17N3OS/c1-13-5-4-12-21-18(13)23-15-10-8-14(9-11-15)22-16-6-2-3-7-17(16)24-19(22)20/h2-12,19H,20H2,1H3. The Balaban J connectivity index is 1.60. The van der Waals surface area contributed by atoms with Gasteiger partial charge in [-0.05, 0) is 49.4 Å². The Bertz CT molecular complexity index is 866. The van der Waals surface area contributed by atoms with E-state index in [9.17, 15) is 0 Å². The molecule has 0 bridgehead atoms. The van der Waals surface area contributed by atoms with Gasteiger partial charge in [0, 0.05) is 22.3 Å². The summed E-state index contributed by atoms with van der Waals surface area (Å²) in [5.74, 6) is 1.39. The van der Waals surface area contributed by atoms with E-state index in [-0.39, 0.29) is 5.50 Å². The van der Waals surface area contributed by atoms with Gasteiger partial charge in [0.1, 0.15) is 11.2 Å². The number of fused-ring (bicyclic) bond motifs is 1. The van der Waals surface area contributed by atoms with Crippen molar-refractivity contribution in [2.45, 2.75) is 17.3 Å². The van der Waals surface area contributed by atoms with Gasteiger partial charge in [-0.2, -0.15) is 0 Å². The molecule has 0 saturated heterocycles. The van der Waals surface area contributed by atoms with Gasteiger partial charge in [0.15, 0.2) is 0 Å². The summed E-state index contributed by atoms with van der Waals surface area (Å²) in [5.41, 5.74) is 9.37. The second-order valence-corrected chi connectivity index (χ2v) is 6.73. The fourth-order valence-corrected chi connectivity index (χ4v) is 3.77. The molecule has 1 unspecified atom stereocenters. The molecule has 2 heterocycles. The lowest BCUT2D eigenvalue weighted by atomic mass is 10.2. The number of hydrogen-bond donors (Lipinski definition) is 1. The molecule has 1 aliphatic rings. The van der Waals surface area contributed by atoms with Gasteiger partial charge in [-0.1, -0.05) is 30.0 Å². The number of thioether (sulfide) groups is 1. The van der Waals surface area contributed by atoms with Crippen LogP contribution in [0.2, 0.25) is 0 Å². The number of para-hydroxylation sites is 1. The Morgan fingerprint density at radius 1 is 1.04 bits per heavy atom. The van der Waals surface area contributed by atoms with Crippen LogP contribution in [0, 0.1) is 6.92 Å². The highest BCUT2D eigenvalue weighted by Crippen LogP contribution is 2.45. The van der Waals surface area contributed by atoms with E-state index in [0.717, 1.165) is 22.7 Å². The summed E-state index contributed by atoms with van der Waals surface area (Å²) in [6.45, 7) is 1.98. The molecule has 0 aliphatic carbocycles. The second kappa shape index (κ2) is 6.19. The first-order valence-electron chi connectivity index (χ1n) is 7.72. The van der Waals surface area contributed by atoms with E-state index in [2.05, 4.69) is 22.0 Å². The van der Waals surface area contributed by atoms with Crippen LogP contribution >= 0.6 is 11.8 Å². The van der Waals surface area contributed by atoms with Crippen molar-refractivity contribution in [1.82, 2.24) is 4.98 Å². The number of hydrogen-bond acceptors (Lipinski definition) is 5. The van der Waals surface area contributed by atoms with Crippen LogP contribution in [0.5, 0.6) is 11.6 Å². The molecule has 4 rings (SSSR count). The minimum Gasteiger partial charge on any atom is -0.439 e. The number of pyridine rings is 1. The lowest BCUT2D eigenvalue weighted by Gasteiger charge is -2.23. The van der Waals surface area contributed by atoms with Crippen molar-refractivity contribution in [3.05, 3.63) is 72.4 Å². The molecule has 0 fully saturated rings. The van der Waals surface area contributed by atoms with E-state index < -0.39 is 0 Å². The zero-order valence-corrected chi connectivity index (χ0v) is 14.0. The van der Waals surface area contributed by atoms with E-state index in [1.54, 1.807) is 18.0 Å². The number of nitrogens with two attached hydrogens (primary N) is 1. The summed E-state index contributed by atoms with van der Waals surface area (Å²) in [6.07, 6.45) is 1.73. The highest BCUT2D eigenvalue weighted by molar-refractivity contribution is 8.00. The molecule has 0 radical (unpaired) electrons. The molecule has 0 saturated carbocycles. The van der Waals surface area contributed by atoms with E-state index in [4.69, 9.17) is 10.5 Å². The molecule has 5 heteroatoms. The van der Waals surface area contributed by atoms with Gasteiger partial charge in [-0.3, -0.25) is 0 Å². The van der Waals surface area contributed by atoms with E-state index >= 15 is 0 Å². The van der Waals surface area contributed by atoms with Crippen LogP contribution in [0.3, 0.4) is 0 Å². The van der Waals surface area contributed by atoms with Crippen LogP contribution in [0.4, 0.5) is 11.4 Å². The molecule has 2 N–H and O–H groups in total. The van der Waals surface area contributed by atoms with Crippen LogP contribution in [0.1, 0.15) is 5.56 Å². The molecular formula is C19H17N3OS. The third-order valence-corrected chi connectivity index (χ3v) is 4.97. The van der Waals surface area contributed by atoms with Crippen LogP contribution in [-0.4, -0.2) is 10.5 Å². The summed E-state index contributed by atoms with van der Waals surface area (Å²) in [5, 5.41) is 0. The molecule has 120 valence electrons. The average molecular weight is 335 g/mol. The van der Waals surface area contributed by atoms with Gasteiger partial charge < -0.3 is 15.4 Å². The highest BCUT2D eigenvalue weighted by Gasteiger charge is 2.28. The van der Waals surface area contributed by atoms with Crippen molar-refractivity contribution in [2.75, 3.05) is 4.90 Å². The fraction of sp³-hybridized carbons (Fsp3) is 0.105. The van der Waals surface area contributed by atoms with Crippen LogP contribution in [-0.2, 0) is 0 Å². The maximum Gasteiger partial charge on any atom is 0.222 e. The normalized spacial score (nSPS) is 16.1. The number of nitrogens with zero attached hydrogens (tertiary/aromatic N) is 2. The Morgan fingerprint density at radius 2 is 1.83 bits per heavy atom. The summed E-state index contributed by atoms with van der Waals surface area (Å²) in [4.78, 5) is 7.60. The van der Waals surface area contributed by atoms with Gasteiger partial charge in [-0.15, -0.1) is 0 Å². The number of aromatic nitrogens is 1. The molecule has 24 heavy (non-hydrogen) atoms. The van der Waals surface area contributed by atoms with Crippen molar-refractivity contribution in [3.63, 3.8) is 0 Å². The van der Waals surface area contributed by atoms with Gasteiger partial charge in [-0.25, -0.2) is 4.98 Å². The van der Waals surface area contributed by atoms with Gasteiger partial charge >= 0.3 is 0 Å². The predicted molar refractivity (Wildman–Crippen MR) is 97.9 cm³/mol. The molecule has 0 amide bonds. The maximum absolute atomic E-state index is 6.29. The lowest BCUT2D eigenvalue weighted by molar-refractivity contribution is 0.459. The molecule has 1 aromatic heterocycles. The molecule has 4 nitrogen and oxygen atoms in total. The molecule has 2 aromatic carbocycles. The minimum atomic E-state index is -0.118. The van der Waals surface area contributed by atoms with Crippen LogP contribution < -0.4 is 15.4 Å². The summed E-state index contributed by atoms with van der Waals surface area (Å²) < 4.78 is 5.86. The second-order valence-electron chi connectivity index (χ2n) is 5.57. The number of aryl methyl sites for hydroxylation is 1. The van der Waals surface area contributed by atoms with Crippen molar-refractivity contribution in [2.24, 2.45) is 5.73 Å². The summed E-state index contributed by atoms with van der Waals surface area (Å²) in [6, 6.07) is 20.1. The molecular weight excluding hydrogens is 318 g/mol. The van der Waals surface area contributed by atoms with E-state index in [1.165, 1.54) is 4.90 Å². The van der Waals surface area contributed by atoms with Crippen molar-refractivity contribution in [1.29, 1.82) is 0 Å². The van der Waals surface area contributed by atoms with E-state index in [1.807, 2.05) is 55.5 Å². The summed E-state index contributed by atoms with van der Waals surface area (Å²) >= 11 is 1.67. The number of benzene rings is 2. The lowest BCUT2D eigenvalue weighted by Crippen LogP contribution is -2.31. The zero-order chi connectivity index (χ0) is 16.5. The number of anilines is 2. The van der Waals surface area contributed by atoms with Crippen molar-refractivity contribution >= 4 is 23.1 Å². The smallest absolute Gasteiger partial charge is 0.222 e. The van der Waals surface area contributed by atoms with Crippen molar-refractivity contribution < 1.29 is 4.74 Å². The Labute approximate surface area is 145 Å². The monoisotopic (exact) mass is 335 g/mol. The first-order chi connectivity index (χ1) is 11.7. The maximum atomic E-state index is 6.29. The predicted octanol–water partition coefficient (Wildman–Crippen LogP) is 4.67. The molecule has 1 aliphatic heterocycles. The van der Waals surface area contributed by atoms with Gasteiger partial charge in [0.2, 0.25) is 5.88 Å².